The van der Waals surface area contributed by atoms with Crippen molar-refractivity contribution >= 4 is 38.6 Å². The van der Waals surface area contributed by atoms with Crippen molar-refractivity contribution in [3.8, 4) is 22.8 Å². The van der Waals surface area contributed by atoms with Crippen molar-refractivity contribution in [2.24, 2.45) is 5.10 Å². The van der Waals surface area contributed by atoms with E-state index in [9.17, 15) is 0 Å². The van der Waals surface area contributed by atoms with Crippen molar-refractivity contribution < 1.29 is 9.47 Å². The fourth-order valence-corrected chi connectivity index (χ4v) is 3.41. The summed E-state index contributed by atoms with van der Waals surface area (Å²) in [7, 11) is 3.22. The van der Waals surface area contributed by atoms with Gasteiger partial charge in [0.1, 0.15) is 16.0 Å². The molecule has 0 bridgehead atoms. The molecule has 0 unspecified atom stereocenters. The fraction of sp³-hybridized carbons (Fsp3) is 0.111. The third kappa shape index (κ3) is 4.18. The molecule has 0 aliphatic heterocycles. The van der Waals surface area contributed by atoms with Gasteiger partial charge in [0.2, 0.25) is 5.13 Å². The van der Waals surface area contributed by atoms with Crippen LogP contribution in [0.3, 0.4) is 0 Å². The van der Waals surface area contributed by atoms with Crippen molar-refractivity contribution in [1.82, 2.24) is 4.98 Å². The average Bonchev–Trinajstić information content (AvgIpc) is 3.12. The molecule has 3 aromatic rings. The maximum atomic E-state index is 5.33. The van der Waals surface area contributed by atoms with Gasteiger partial charge in [0.25, 0.3) is 0 Å². The van der Waals surface area contributed by atoms with E-state index in [0.717, 1.165) is 26.4 Å². The van der Waals surface area contributed by atoms with Crippen molar-refractivity contribution in [2.75, 3.05) is 19.6 Å². The van der Waals surface area contributed by atoms with E-state index < -0.39 is 0 Å². The van der Waals surface area contributed by atoms with Crippen molar-refractivity contribution in [2.45, 2.75) is 0 Å². The molecule has 0 aliphatic carbocycles. The summed E-state index contributed by atoms with van der Waals surface area (Å²) in [5, 5.41) is 6.97. The monoisotopic (exact) mass is 417 g/mol. The molecule has 0 amide bonds. The van der Waals surface area contributed by atoms with Crippen LogP contribution in [0, 0.1) is 0 Å². The quantitative estimate of drug-likeness (QED) is 0.450. The van der Waals surface area contributed by atoms with Gasteiger partial charge in [-0.05, 0) is 28.1 Å². The van der Waals surface area contributed by atoms with Crippen LogP contribution in [-0.4, -0.2) is 25.4 Å². The number of thiazole rings is 1. The van der Waals surface area contributed by atoms with Crippen LogP contribution < -0.4 is 14.9 Å². The van der Waals surface area contributed by atoms with E-state index in [1.165, 1.54) is 11.3 Å². The summed E-state index contributed by atoms with van der Waals surface area (Å²) in [5.41, 5.74) is 5.82. The molecule has 5 nitrogen and oxygen atoms in total. The van der Waals surface area contributed by atoms with Crippen LogP contribution in [0.2, 0.25) is 0 Å². The molecule has 25 heavy (non-hydrogen) atoms. The standard InChI is InChI=1S/C18H16BrN3O2S/c1-23-15-8-12(9-16(24-2)17(15)19)10-20-22-18-21-14(11-25-18)13-6-4-3-5-7-13/h3-11H,1-2H3,(H,21,22). The van der Waals surface area contributed by atoms with Crippen LogP contribution in [0.4, 0.5) is 5.13 Å². The van der Waals surface area contributed by atoms with E-state index in [1.54, 1.807) is 20.4 Å². The molecule has 1 aromatic heterocycles. The second-order valence-corrected chi connectivity index (χ2v) is 6.66. The highest BCUT2D eigenvalue weighted by molar-refractivity contribution is 9.10. The lowest BCUT2D eigenvalue weighted by molar-refractivity contribution is 0.389. The SMILES string of the molecule is COc1cc(C=NNc2nc(-c3ccccc3)cs2)cc(OC)c1Br. The summed E-state index contributed by atoms with van der Waals surface area (Å²) in [6.07, 6.45) is 1.70. The number of ether oxygens (including phenoxy) is 2. The van der Waals surface area contributed by atoms with Gasteiger partial charge in [-0.15, -0.1) is 11.3 Å². The molecule has 0 spiro atoms. The molecule has 1 N–H and O–H groups in total. The zero-order chi connectivity index (χ0) is 17.6. The largest absolute Gasteiger partial charge is 0.495 e. The first-order valence-corrected chi connectivity index (χ1v) is 9.10. The summed E-state index contributed by atoms with van der Waals surface area (Å²) < 4.78 is 11.4. The molecule has 128 valence electrons. The maximum absolute atomic E-state index is 5.33. The number of benzene rings is 2. The topological polar surface area (TPSA) is 55.7 Å². The lowest BCUT2D eigenvalue weighted by Crippen LogP contribution is -1.94. The van der Waals surface area contributed by atoms with E-state index in [0.29, 0.717) is 11.5 Å². The van der Waals surface area contributed by atoms with Gasteiger partial charge < -0.3 is 9.47 Å². The zero-order valence-electron chi connectivity index (χ0n) is 13.7. The summed E-state index contributed by atoms with van der Waals surface area (Å²) in [4.78, 5) is 4.53. The van der Waals surface area contributed by atoms with Gasteiger partial charge in [0, 0.05) is 16.5 Å². The molecule has 0 saturated heterocycles. The Morgan fingerprint density at radius 2 is 1.80 bits per heavy atom. The van der Waals surface area contributed by atoms with Gasteiger partial charge in [-0.2, -0.15) is 5.10 Å². The Morgan fingerprint density at radius 3 is 2.44 bits per heavy atom. The summed E-state index contributed by atoms with van der Waals surface area (Å²) in [6.45, 7) is 0. The van der Waals surface area contributed by atoms with Crippen LogP contribution in [0.25, 0.3) is 11.3 Å². The Morgan fingerprint density at radius 1 is 1.12 bits per heavy atom. The number of anilines is 1. The Kier molecular flexibility index (Phi) is 5.67. The van der Waals surface area contributed by atoms with Gasteiger partial charge in [-0.1, -0.05) is 30.3 Å². The summed E-state index contributed by atoms with van der Waals surface area (Å²) in [6, 6.07) is 13.8. The predicted octanol–water partition coefficient (Wildman–Crippen LogP) is 5.04. The lowest BCUT2D eigenvalue weighted by atomic mass is 10.2. The Hall–Kier alpha value is -2.38. The minimum absolute atomic E-state index is 0.682. The number of nitrogens with zero attached hydrogens (tertiary/aromatic N) is 2. The Balaban J connectivity index is 1.73. The van der Waals surface area contributed by atoms with Crippen molar-refractivity contribution in [1.29, 1.82) is 0 Å². The second kappa shape index (κ2) is 8.13. The fourth-order valence-electron chi connectivity index (χ4n) is 2.19. The Bertz CT molecular complexity index is 856. The van der Waals surface area contributed by atoms with E-state index in [1.807, 2.05) is 47.8 Å². The van der Waals surface area contributed by atoms with Gasteiger partial charge in [0.05, 0.1) is 26.1 Å². The van der Waals surface area contributed by atoms with E-state index in [2.05, 4.69) is 31.4 Å². The highest BCUT2D eigenvalue weighted by Gasteiger charge is 2.09. The molecule has 0 atom stereocenters. The van der Waals surface area contributed by atoms with Crippen LogP contribution in [0.5, 0.6) is 11.5 Å². The number of halogens is 1. The summed E-state index contributed by atoms with van der Waals surface area (Å²) in [5.74, 6) is 1.36. The van der Waals surface area contributed by atoms with E-state index in [-0.39, 0.29) is 0 Å². The first-order valence-electron chi connectivity index (χ1n) is 7.43. The third-order valence-electron chi connectivity index (χ3n) is 3.42. The molecule has 0 radical (unpaired) electrons. The van der Waals surface area contributed by atoms with Crippen molar-refractivity contribution in [3.05, 3.63) is 57.9 Å². The smallest absolute Gasteiger partial charge is 0.203 e. The first kappa shape index (κ1) is 17.4. The van der Waals surface area contributed by atoms with Gasteiger partial charge in [-0.3, -0.25) is 5.43 Å². The second-order valence-electron chi connectivity index (χ2n) is 5.01. The number of methoxy groups -OCH3 is 2. The Labute approximate surface area is 158 Å². The van der Waals surface area contributed by atoms with E-state index >= 15 is 0 Å². The maximum Gasteiger partial charge on any atom is 0.203 e. The van der Waals surface area contributed by atoms with E-state index in [4.69, 9.17) is 9.47 Å². The normalized spacial score (nSPS) is 10.8. The van der Waals surface area contributed by atoms with Crippen LogP contribution in [0.1, 0.15) is 5.56 Å². The van der Waals surface area contributed by atoms with Crippen LogP contribution in [-0.2, 0) is 0 Å². The van der Waals surface area contributed by atoms with Gasteiger partial charge in [0.15, 0.2) is 0 Å². The highest BCUT2D eigenvalue weighted by Crippen LogP contribution is 2.35. The molecule has 0 saturated carbocycles. The minimum Gasteiger partial charge on any atom is -0.495 e. The zero-order valence-corrected chi connectivity index (χ0v) is 16.1. The molecule has 3 rings (SSSR count). The number of hydrazone groups is 1. The molecule has 2 aromatic carbocycles. The van der Waals surface area contributed by atoms with Crippen molar-refractivity contribution in [3.63, 3.8) is 0 Å². The number of nitrogens with one attached hydrogen (secondary N) is 1. The van der Waals surface area contributed by atoms with Crippen LogP contribution >= 0.6 is 27.3 Å². The first-order chi connectivity index (χ1) is 12.2. The molecule has 0 fully saturated rings. The van der Waals surface area contributed by atoms with Gasteiger partial charge >= 0.3 is 0 Å². The summed E-state index contributed by atoms with van der Waals surface area (Å²) >= 11 is 4.95. The third-order valence-corrected chi connectivity index (χ3v) is 4.94. The number of hydrogen-bond acceptors (Lipinski definition) is 6. The lowest BCUT2D eigenvalue weighted by Gasteiger charge is -2.09. The van der Waals surface area contributed by atoms with Gasteiger partial charge in [-0.25, -0.2) is 4.98 Å². The minimum atomic E-state index is 0.682. The molecule has 7 heteroatoms. The number of aromatic nitrogens is 1. The average molecular weight is 418 g/mol. The molecular weight excluding hydrogens is 402 g/mol. The highest BCUT2D eigenvalue weighted by atomic mass is 79.9. The number of rotatable bonds is 6. The molecule has 0 aliphatic rings. The molecular formula is C18H16BrN3O2S. The van der Waals surface area contributed by atoms with Crippen LogP contribution in [0.15, 0.2) is 57.4 Å². The number of hydrogen-bond donors (Lipinski definition) is 1. The predicted molar refractivity (Wildman–Crippen MR) is 106 cm³/mol. The molecule has 1 heterocycles.